The number of rotatable bonds is 8. The fraction of sp³-hybridized carbons (Fsp3) is 0.500. The largest absolute Gasteiger partial charge is 0.295 e. The molecule has 0 saturated heterocycles. The second-order valence-corrected chi connectivity index (χ2v) is 7.60. The highest BCUT2D eigenvalue weighted by Crippen LogP contribution is 2.18. The molecule has 0 aliphatic rings. The summed E-state index contributed by atoms with van der Waals surface area (Å²) in [6.45, 7) is 10.9. The molecule has 0 atom stereocenters. The molecule has 0 amide bonds. The lowest BCUT2D eigenvalue weighted by atomic mass is 10.1. The highest BCUT2D eigenvalue weighted by molar-refractivity contribution is 6.34. The molecular formula is C20H29ClN4. The van der Waals surface area contributed by atoms with Crippen molar-refractivity contribution in [3.8, 4) is 0 Å². The van der Waals surface area contributed by atoms with Crippen molar-refractivity contribution in [2.45, 2.75) is 40.5 Å². The van der Waals surface area contributed by atoms with Gasteiger partial charge in [0.25, 0.3) is 0 Å². The van der Waals surface area contributed by atoms with E-state index < -0.39 is 0 Å². The molecule has 0 aliphatic heterocycles. The molecule has 4 nitrogen and oxygen atoms in total. The average Bonchev–Trinajstić information content (AvgIpc) is 3.09. The van der Waals surface area contributed by atoms with Crippen LogP contribution in [0.5, 0.6) is 0 Å². The van der Waals surface area contributed by atoms with Crippen molar-refractivity contribution in [2.75, 3.05) is 13.1 Å². The summed E-state index contributed by atoms with van der Waals surface area (Å²) in [6.07, 6.45) is 7.66. The van der Waals surface area contributed by atoms with Crippen molar-refractivity contribution < 1.29 is 0 Å². The fourth-order valence-corrected chi connectivity index (χ4v) is 2.65. The second-order valence-electron chi connectivity index (χ2n) is 7.19. The van der Waals surface area contributed by atoms with E-state index >= 15 is 0 Å². The highest BCUT2D eigenvalue weighted by Gasteiger charge is 2.13. The number of imidazole rings is 1. The molecule has 0 spiro atoms. The Morgan fingerprint density at radius 2 is 1.76 bits per heavy atom. The molecule has 1 heterocycles. The number of hydrogen-bond donors (Lipinski definition) is 0. The summed E-state index contributed by atoms with van der Waals surface area (Å²) >= 11 is 6.44. The molecule has 0 bridgehead atoms. The van der Waals surface area contributed by atoms with Crippen LogP contribution in [0.15, 0.2) is 48.1 Å². The lowest BCUT2D eigenvalue weighted by Gasteiger charge is -2.23. The van der Waals surface area contributed by atoms with Crippen LogP contribution in [-0.2, 0) is 0 Å². The quantitative estimate of drug-likeness (QED) is 0.371. The van der Waals surface area contributed by atoms with Gasteiger partial charge >= 0.3 is 0 Å². The maximum atomic E-state index is 6.44. The topological polar surface area (TPSA) is 33.4 Å². The molecule has 25 heavy (non-hydrogen) atoms. The van der Waals surface area contributed by atoms with Crippen molar-refractivity contribution in [1.29, 1.82) is 0 Å². The van der Waals surface area contributed by atoms with Crippen LogP contribution in [-0.4, -0.2) is 33.5 Å². The highest BCUT2D eigenvalue weighted by atomic mass is 35.5. The monoisotopic (exact) mass is 360 g/mol. The van der Waals surface area contributed by atoms with Gasteiger partial charge in [-0.05, 0) is 36.8 Å². The summed E-state index contributed by atoms with van der Waals surface area (Å²) in [4.78, 5) is 4.17. The third-order valence-corrected chi connectivity index (χ3v) is 4.36. The molecule has 0 aliphatic carbocycles. The van der Waals surface area contributed by atoms with Gasteiger partial charge in [0.2, 0.25) is 0 Å². The lowest BCUT2D eigenvalue weighted by molar-refractivity contribution is 0.253. The van der Waals surface area contributed by atoms with Gasteiger partial charge in [-0.15, -0.1) is 0 Å². The average molecular weight is 361 g/mol. The standard InChI is InChI=1S/C20H29ClN4/c1-16(2)9-12-25(13-10-17(3)4)23-20(24-14-11-22-15-24)18-7-5-6-8-19(18)21/h5-8,11,14-17H,9-10,12-13H2,1-4H3/b23-20+. The molecule has 0 N–H and O–H groups in total. The van der Waals surface area contributed by atoms with Gasteiger partial charge in [0.1, 0.15) is 6.33 Å². The first-order valence-electron chi connectivity index (χ1n) is 9.04. The predicted octanol–water partition coefficient (Wildman–Crippen LogP) is 5.14. The normalized spacial score (nSPS) is 12.2. The van der Waals surface area contributed by atoms with Gasteiger partial charge < -0.3 is 0 Å². The first-order chi connectivity index (χ1) is 12.0. The van der Waals surface area contributed by atoms with Crippen LogP contribution in [0.2, 0.25) is 5.02 Å². The molecule has 2 aromatic rings. The molecule has 1 aromatic carbocycles. The van der Waals surface area contributed by atoms with Crippen molar-refractivity contribution in [1.82, 2.24) is 14.6 Å². The molecular weight excluding hydrogens is 332 g/mol. The number of nitrogens with zero attached hydrogens (tertiary/aromatic N) is 4. The van der Waals surface area contributed by atoms with Crippen molar-refractivity contribution in [2.24, 2.45) is 16.9 Å². The summed E-state index contributed by atoms with van der Waals surface area (Å²) in [5.41, 5.74) is 0.918. The van der Waals surface area contributed by atoms with Crippen LogP contribution in [0, 0.1) is 11.8 Å². The Hall–Kier alpha value is -1.81. The molecule has 0 saturated carbocycles. The van der Waals surface area contributed by atoms with E-state index in [0.717, 1.165) is 37.3 Å². The van der Waals surface area contributed by atoms with Gasteiger partial charge in [0.05, 0.1) is 5.02 Å². The molecule has 0 unspecified atom stereocenters. The Labute approximate surface area is 156 Å². The van der Waals surface area contributed by atoms with Crippen molar-refractivity contribution >= 4 is 17.4 Å². The number of hydrogen-bond acceptors (Lipinski definition) is 3. The number of halogens is 1. The van der Waals surface area contributed by atoms with Crippen LogP contribution < -0.4 is 0 Å². The lowest BCUT2D eigenvalue weighted by Crippen LogP contribution is -2.26. The van der Waals surface area contributed by atoms with E-state index in [1.807, 2.05) is 35.0 Å². The third kappa shape index (κ3) is 6.20. The summed E-state index contributed by atoms with van der Waals surface area (Å²) in [5.74, 6) is 2.11. The maximum Gasteiger partial charge on any atom is 0.166 e. The molecule has 0 fully saturated rings. The van der Waals surface area contributed by atoms with Crippen molar-refractivity contribution in [3.63, 3.8) is 0 Å². The first kappa shape index (κ1) is 19.5. The zero-order valence-corrected chi connectivity index (χ0v) is 16.4. The van der Waals surface area contributed by atoms with Crippen molar-refractivity contribution in [3.05, 3.63) is 53.6 Å². The molecule has 5 heteroatoms. The second kappa shape index (κ2) is 9.62. The van der Waals surface area contributed by atoms with Gasteiger partial charge in [-0.25, -0.2) is 4.98 Å². The number of hydrazone groups is 1. The summed E-state index contributed by atoms with van der Waals surface area (Å²) in [7, 11) is 0. The van der Waals surface area contributed by atoms with Gasteiger partial charge in [-0.2, -0.15) is 5.10 Å². The maximum absolute atomic E-state index is 6.44. The smallest absolute Gasteiger partial charge is 0.166 e. The summed E-state index contributed by atoms with van der Waals surface area (Å²) < 4.78 is 1.93. The van der Waals surface area contributed by atoms with Gasteiger partial charge in [0, 0.05) is 31.0 Å². The molecule has 0 radical (unpaired) electrons. The van der Waals surface area contributed by atoms with Gasteiger partial charge in [-0.3, -0.25) is 9.58 Å². The fourth-order valence-electron chi connectivity index (χ4n) is 2.43. The third-order valence-electron chi connectivity index (χ3n) is 4.03. The van der Waals surface area contributed by atoms with E-state index in [2.05, 4.69) is 37.7 Å². The Morgan fingerprint density at radius 1 is 1.12 bits per heavy atom. The first-order valence-corrected chi connectivity index (χ1v) is 9.42. The minimum atomic E-state index is 0.647. The van der Waals surface area contributed by atoms with E-state index in [-0.39, 0.29) is 0 Å². The SMILES string of the molecule is CC(C)CCN(CCC(C)C)/N=C(\c1ccccc1Cl)n1ccnc1. The Morgan fingerprint density at radius 3 is 2.28 bits per heavy atom. The Bertz CT molecular complexity index is 650. The van der Waals surface area contributed by atoms with E-state index in [1.165, 1.54) is 0 Å². The van der Waals surface area contributed by atoms with E-state index in [4.69, 9.17) is 16.7 Å². The number of aromatic nitrogens is 2. The van der Waals surface area contributed by atoms with Gasteiger partial charge in [-0.1, -0.05) is 51.4 Å². The van der Waals surface area contributed by atoms with Crippen LogP contribution in [0.4, 0.5) is 0 Å². The van der Waals surface area contributed by atoms with E-state index in [9.17, 15) is 0 Å². The van der Waals surface area contributed by atoms with Crippen LogP contribution in [0.3, 0.4) is 0 Å². The zero-order chi connectivity index (χ0) is 18.2. The zero-order valence-electron chi connectivity index (χ0n) is 15.7. The number of benzene rings is 1. The Kier molecular flexibility index (Phi) is 7.51. The molecule has 136 valence electrons. The van der Waals surface area contributed by atoms with Crippen LogP contribution in [0.1, 0.15) is 46.1 Å². The summed E-state index contributed by atoms with van der Waals surface area (Å²) in [6, 6.07) is 7.83. The van der Waals surface area contributed by atoms with Crippen LogP contribution >= 0.6 is 11.6 Å². The summed E-state index contributed by atoms with van der Waals surface area (Å²) in [5, 5.41) is 7.86. The van der Waals surface area contributed by atoms with E-state index in [0.29, 0.717) is 16.9 Å². The minimum Gasteiger partial charge on any atom is -0.295 e. The molecule has 2 rings (SSSR count). The Balaban J connectivity index is 2.35. The minimum absolute atomic E-state index is 0.647. The predicted molar refractivity (Wildman–Crippen MR) is 106 cm³/mol. The van der Waals surface area contributed by atoms with Gasteiger partial charge in [0.15, 0.2) is 5.84 Å². The molecule has 1 aromatic heterocycles. The van der Waals surface area contributed by atoms with Crippen LogP contribution in [0.25, 0.3) is 0 Å². The van der Waals surface area contributed by atoms with E-state index in [1.54, 1.807) is 12.5 Å².